The Labute approximate surface area is 192 Å². The van der Waals surface area contributed by atoms with Crippen molar-refractivity contribution in [2.24, 2.45) is 5.92 Å². The average molecular weight is 452 g/mol. The molecule has 8 nitrogen and oxygen atoms in total. The van der Waals surface area contributed by atoms with Crippen LogP contribution in [0.1, 0.15) is 58.8 Å². The van der Waals surface area contributed by atoms with Crippen LogP contribution >= 0.6 is 0 Å². The van der Waals surface area contributed by atoms with E-state index in [1.807, 2.05) is 11.8 Å². The van der Waals surface area contributed by atoms with Crippen LogP contribution in [0, 0.1) is 5.92 Å². The summed E-state index contributed by atoms with van der Waals surface area (Å²) in [5, 5.41) is 0. The second kappa shape index (κ2) is 10.6. The number of likely N-dealkylation sites (tertiary alicyclic amines) is 2. The average Bonchev–Trinajstić information content (AvgIpc) is 2.77. The maximum atomic E-state index is 12.7. The van der Waals surface area contributed by atoms with Crippen LogP contribution in [0.2, 0.25) is 0 Å². The summed E-state index contributed by atoms with van der Waals surface area (Å²) in [6, 6.07) is 0. The van der Waals surface area contributed by atoms with Gasteiger partial charge in [0.1, 0.15) is 18.3 Å². The predicted octanol–water partition coefficient (Wildman–Crippen LogP) is 1.71. The van der Waals surface area contributed by atoms with Crippen molar-refractivity contribution in [1.29, 1.82) is 0 Å². The Morgan fingerprint density at radius 1 is 1.06 bits per heavy atom. The molecule has 0 aromatic heterocycles. The lowest BCUT2D eigenvalue weighted by Gasteiger charge is -2.47. The highest BCUT2D eigenvalue weighted by atomic mass is 16.5. The van der Waals surface area contributed by atoms with Crippen LogP contribution in [0.15, 0.2) is 0 Å². The maximum Gasteiger partial charge on any atom is 0.316 e. The second-order valence-electron chi connectivity index (χ2n) is 10.2. The van der Waals surface area contributed by atoms with Crippen molar-refractivity contribution in [3.8, 4) is 0 Å². The van der Waals surface area contributed by atoms with Gasteiger partial charge in [0.2, 0.25) is 5.91 Å². The van der Waals surface area contributed by atoms with Gasteiger partial charge in [0.05, 0.1) is 17.7 Å². The highest BCUT2D eigenvalue weighted by molar-refractivity contribution is 5.98. The van der Waals surface area contributed by atoms with Crippen LogP contribution in [0.3, 0.4) is 0 Å². The molecule has 0 aliphatic carbocycles. The van der Waals surface area contributed by atoms with E-state index in [0.717, 1.165) is 45.3 Å². The van der Waals surface area contributed by atoms with E-state index in [1.54, 1.807) is 14.0 Å². The number of cyclic esters (lactones) is 1. The fourth-order valence-electron chi connectivity index (χ4n) is 4.96. The first kappa shape index (κ1) is 25.1. The molecule has 8 heteroatoms. The van der Waals surface area contributed by atoms with Gasteiger partial charge in [-0.05, 0) is 79.1 Å². The molecule has 1 unspecified atom stereocenters. The van der Waals surface area contributed by atoms with Crippen LogP contribution in [0.5, 0.6) is 0 Å². The van der Waals surface area contributed by atoms with Crippen molar-refractivity contribution in [3.63, 3.8) is 0 Å². The lowest BCUT2D eigenvalue weighted by Crippen LogP contribution is -2.59. The van der Waals surface area contributed by atoms with Crippen molar-refractivity contribution in [2.75, 3.05) is 60.0 Å². The van der Waals surface area contributed by atoms with Gasteiger partial charge in [0.15, 0.2) is 0 Å². The lowest BCUT2D eigenvalue weighted by atomic mass is 9.85. The number of methoxy groups -OCH3 is 1. The van der Waals surface area contributed by atoms with E-state index in [1.165, 1.54) is 6.42 Å². The standard InChI is InChI=1S/C24H41N3O5/c1-19-20(28)7-9-23(2,31-4)8-5-12-25(3)24(18-32-22(19)30)10-15-27(16-11-24)21(29)17-26-13-6-14-26/h19H,5-18H2,1-4H3/t19?,23-/m1/s1. The zero-order chi connectivity index (χ0) is 23.4. The Morgan fingerprint density at radius 3 is 2.34 bits per heavy atom. The highest BCUT2D eigenvalue weighted by Gasteiger charge is 2.42. The number of hydrogen-bond donors (Lipinski definition) is 0. The molecule has 32 heavy (non-hydrogen) atoms. The minimum Gasteiger partial charge on any atom is -0.463 e. The number of esters is 1. The number of ether oxygens (including phenoxy) is 2. The Hall–Kier alpha value is -1.51. The molecule has 3 aliphatic heterocycles. The molecule has 182 valence electrons. The summed E-state index contributed by atoms with van der Waals surface area (Å²) < 4.78 is 11.5. The first-order valence-electron chi connectivity index (χ1n) is 12.1. The monoisotopic (exact) mass is 451 g/mol. The zero-order valence-corrected chi connectivity index (χ0v) is 20.4. The number of hydrogen-bond acceptors (Lipinski definition) is 7. The molecular formula is C24H41N3O5. The molecule has 3 aliphatic rings. The Bertz CT molecular complexity index is 687. The molecule has 0 bridgehead atoms. The number of carbonyl (C=O) groups excluding carboxylic acids is 3. The van der Waals surface area contributed by atoms with Crippen molar-refractivity contribution >= 4 is 17.7 Å². The van der Waals surface area contributed by atoms with Crippen LogP contribution in [-0.4, -0.2) is 104 Å². The van der Waals surface area contributed by atoms with Gasteiger partial charge >= 0.3 is 5.97 Å². The number of Topliss-reactive ketones (excluding diaryl/α,β-unsaturated/α-hetero) is 1. The Morgan fingerprint density at radius 2 is 1.75 bits per heavy atom. The summed E-state index contributed by atoms with van der Waals surface area (Å²) in [5.74, 6) is -1.11. The smallest absolute Gasteiger partial charge is 0.316 e. The fraction of sp³-hybridized carbons (Fsp3) is 0.875. The van der Waals surface area contributed by atoms with Crippen LogP contribution in [-0.2, 0) is 23.9 Å². The van der Waals surface area contributed by atoms with E-state index >= 15 is 0 Å². The molecule has 1 spiro atoms. The summed E-state index contributed by atoms with van der Waals surface area (Å²) in [6.45, 7) is 8.66. The Kier molecular flexibility index (Phi) is 8.33. The number of piperidine rings is 1. The first-order chi connectivity index (χ1) is 15.2. The molecule has 0 saturated carbocycles. The van der Waals surface area contributed by atoms with Gasteiger partial charge in [0.25, 0.3) is 0 Å². The summed E-state index contributed by atoms with van der Waals surface area (Å²) in [5.41, 5.74) is -0.697. The van der Waals surface area contributed by atoms with Gasteiger partial charge < -0.3 is 14.4 Å². The number of rotatable bonds is 3. The van der Waals surface area contributed by atoms with Gasteiger partial charge in [0, 0.05) is 26.6 Å². The van der Waals surface area contributed by atoms with Crippen LogP contribution < -0.4 is 0 Å². The minimum atomic E-state index is -0.766. The maximum absolute atomic E-state index is 12.7. The molecule has 2 atom stereocenters. The number of likely N-dealkylation sites (N-methyl/N-ethyl adjacent to an activating group) is 1. The summed E-state index contributed by atoms with van der Waals surface area (Å²) in [6.07, 6.45) is 5.38. The van der Waals surface area contributed by atoms with Crippen LogP contribution in [0.25, 0.3) is 0 Å². The number of ketones is 1. The zero-order valence-electron chi connectivity index (χ0n) is 20.4. The van der Waals surface area contributed by atoms with E-state index in [0.29, 0.717) is 32.5 Å². The molecular weight excluding hydrogens is 410 g/mol. The van der Waals surface area contributed by atoms with Gasteiger partial charge in [-0.25, -0.2) is 0 Å². The van der Waals surface area contributed by atoms with Crippen LogP contribution in [0.4, 0.5) is 0 Å². The largest absolute Gasteiger partial charge is 0.463 e. The summed E-state index contributed by atoms with van der Waals surface area (Å²) in [4.78, 5) is 44.4. The summed E-state index contributed by atoms with van der Waals surface area (Å²) in [7, 11) is 3.78. The third-order valence-electron chi connectivity index (χ3n) is 8.08. The van der Waals surface area contributed by atoms with E-state index < -0.39 is 11.9 Å². The van der Waals surface area contributed by atoms with E-state index in [2.05, 4.69) is 16.8 Å². The SMILES string of the molecule is CO[C@]1(C)CCCN(C)C2(CCN(C(=O)CN3CCC3)CC2)COC(=O)C(C)C(=O)CC1. The minimum absolute atomic E-state index is 0.0914. The van der Waals surface area contributed by atoms with E-state index in [4.69, 9.17) is 9.47 Å². The predicted molar refractivity (Wildman–Crippen MR) is 121 cm³/mol. The number of carbonyl (C=O) groups is 3. The number of nitrogens with zero attached hydrogens (tertiary/aromatic N) is 3. The molecule has 3 rings (SSSR count). The van der Waals surface area contributed by atoms with Crippen molar-refractivity contribution in [3.05, 3.63) is 0 Å². The van der Waals surface area contributed by atoms with Gasteiger partial charge in [-0.2, -0.15) is 0 Å². The first-order valence-corrected chi connectivity index (χ1v) is 12.1. The van der Waals surface area contributed by atoms with Gasteiger partial charge in [-0.3, -0.25) is 24.2 Å². The third-order valence-corrected chi connectivity index (χ3v) is 8.08. The fourth-order valence-corrected chi connectivity index (χ4v) is 4.96. The Balaban J connectivity index is 1.69. The molecule has 3 saturated heterocycles. The van der Waals surface area contributed by atoms with Crippen molar-refractivity contribution in [1.82, 2.24) is 14.7 Å². The quantitative estimate of drug-likeness (QED) is 0.477. The number of amides is 1. The molecule has 1 amide bonds. The van der Waals surface area contributed by atoms with Gasteiger partial charge in [-0.15, -0.1) is 0 Å². The second-order valence-corrected chi connectivity index (χ2v) is 10.2. The van der Waals surface area contributed by atoms with Gasteiger partial charge in [-0.1, -0.05) is 0 Å². The highest BCUT2D eigenvalue weighted by Crippen LogP contribution is 2.31. The topological polar surface area (TPSA) is 79.4 Å². The molecule has 0 aromatic carbocycles. The molecule has 0 radical (unpaired) electrons. The van der Waals surface area contributed by atoms with E-state index in [9.17, 15) is 14.4 Å². The molecule has 0 N–H and O–H groups in total. The summed E-state index contributed by atoms with van der Waals surface area (Å²) >= 11 is 0. The third kappa shape index (κ3) is 5.88. The molecule has 3 fully saturated rings. The lowest BCUT2D eigenvalue weighted by molar-refractivity contribution is -0.157. The molecule has 0 aromatic rings. The molecule has 3 heterocycles. The van der Waals surface area contributed by atoms with Crippen molar-refractivity contribution < 1.29 is 23.9 Å². The van der Waals surface area contributed by atoms with E-state index in [-0.39, 0.29) is 29.4 Å². The normalized spacial score (nSPS) is 31.2. The van der Waals surface area contributed by atoms with Crippen molar-refractivity contribution in [2.45, 2.75) is 69.9 Å².